The number of carbonyl (C=O) groups is 2. The van der Waals surface area contributed by atoms with Crippen molar-refractivity contribution in [1.82, 2.24) is 5.43 Å². The van der Waals surface area contributed by atoms with Crippen molar-refractivity contribution in [2.75, 3.05) is 6.61 Å². The van der Waals surface area contributed by atoms with E-state index in [0.717, 1.165) is 16.8 Å². The Morgan fingerprint density at radius 3 is 2.47 bits per heavy atom. The predicted octanol–water partition coefficient (Wildman–Crippen LogP) is 4.53. The number of hydrogen-bond donors (Lipinski definition) is 1. The van der Waals surface area contributed by atoms with E-state index in [4.69, 9.17) is 21.1 Å². The lowest BCUT2D eigenvalue weighted by atomic mass is 9.97. The smallest absolute Gasteiger partial charge is 0.316 e. The van der Waals surface area contributed by atoms with Crippen molar-refractivity contribution in [1.29, 1.82) is 0 Å². The molecule has 0 saturated carbocycles. The number of halogens is 1. The predicted molar refractivity (Wildman–Crippen MR) is 116 cm³/mol. The summed E-state index contributed by atoms with van der Waals surface area (Å²) in [5.74, 6) is 0.778. The zero-order valence-corrected chi connectivity index (χ0v) is 18.1. The Balaban J connectivity index is 1.52. The molecular weight excluding hydrogens is 404 g/mol. The topological polar surface area (TPSA) is 77.0 Å². The quantitative estimate of drug-likeness (QED) is 0.541. The Hall–Kier alpha value is -2.86. The molecule has 0 radical (unpaired) electrons. The van der Waals surface area contributed by atoms with Gasteiger partial charge in [-0.25, -0.2) is 5.43 Å². The highest BCUT2D eigenvalue weighted by atomic mass is 35.5. The summed E-state index contributed by atoms with van der Waals surface area (Å²) in [6.45, 7) is 5.91. The van der Waals surface area contributed by atoms with Gasteiger partial charge < -0.3 is 9.47 Å². The fourth-order valence-corrected chi connectivity index (χ4v) is 2.98. The first kappa shape index (κ1) is 21.8. The highest BCUT2D eigenvalue weighted by Crippen LogP contribution is 2.27. The molecule has 6 nitrogen and oxygen atoms in total. The summed E-state index contributed by atoms with van der Waals surface area (Å²) in [6.07, 6.45) is 1.69. The van der Waals surface area contributed by atoms with Gasteiger partial charge in [-0.1, -0.05) is 23.7 Å². The molecule has 3 rings (SSSR count). The monoisotopic (exact) mass is 428 g/mol. The number of esters is 1. The second-order valence-corrected chi connectivity index (χ2v) is 8.53. The first-order valence-corrected chi connectivity index (χ1v) is 10.2. The molecule has 1 heterocycles. The molecule has 0 aromatic heterocycles. The van der Waals surface area contributed by atoms with Gasteiger partial charge >= 0.3 is 5.97 Å². The van der Waals surface area contributed by atoms with Crippen LogP contribution in [0.1, 0.15) is 44.7 Å². The van der Waals surface area contributed by atoms with E-state index in [1.807, 2.05) is 45.0 Å². The Morgan fingerprint density at radius 2 is 1.87 bits per heavy atom. The van der Waals surface area contributed by atoms with E-state index < -0.39 is 5.41 Å². The van der Waals surface area contributed by atoms with Crippen LogP contribution in [0.15, 0.2) is 47.6 Å². The molecule has 0 aliphatic carbocycles. The van der Waals surface area contributed by atoms with Crippen molar-refractivity contribution in [2.45, 2.75) is 40.0 Å². The minimum absolute atomic E-state index is 0.0785. The molecule has 0 fully saturated rings. The van der Waals surface area contributed by atoms with E-state index in [-0.39, 0.29) is 11.9 Å². The van der Waals surface area contributed by atoms with Crippen LogP contribution in [-0.4, -0.2) is 24.2 Å². The Labute approximate surface area is 181 Å². The Kier molecular flexibility index (Phi) is 6.77. The van der Waals surface area contributed by atoms with Gasteiger partial charge in [-0.15, -0.1) is 0 Å². The number of hydrogen-bond acceptors (Lipinski definition) is 5. The molecule has 158 valence electrons. The number of hydrazone groups is 1. The fraction of sp³-hybridized carbons (Fsp3) is 0.348. The largest absolute Gasteiger partial charge is 0.492 e. The standard InChI is InChI=1S/C23H25ClN2O4/c1-23(2,3)22(28)30-17-7-4-15(5-8-17)12-13-29-20-10-6-16(14-18(20)24)19-9-11-21(27)26-25-19/h4-8,10,14H,9,11-13H2,1-3H3,(H,26,27). The van der Waals surface area contributed by atoms with Gasteiger partial charge in [0.15, 0.2) is 0 Å². The third-order valence-corrected chi connectivity index (χ3v) is 4.86. The third kappa shape index (κ3) is 5.83. The third-order valence-electron chi connectivity index (χ3n) is 4.56. The summed E-state index contributed by atoms with van der Waals surface area (Å²) in [6, 6.07) is 12.9. The normalized spacial score (nSPS) is 14.0. The summed E-state index contributed by atoms with van der Waals surface area (Å²) >= 11 is 6.35. The second-order valence-electron chi connectivity index (χ2n) is 8.12. The minimum atomic E-state index is -0.543. The van der Waals surface area contributed by atoms with Gasteiger partial charge in [0.25, 0.3) is 0 Å². The summed E-state index contributed by atoms with van der Waals surface area (Å²) in [4.78, 5) is 23.2. The molecule has 0 atom stereocenters. The number of nitrogens with one attached hydrogen (secondary N) is 1. The summed E-state index contributed by atoms with van der Waals surface area (Å²) < 4.78 is 11.2. The van der Waals surface area contributed by atoms with Crippen LogP contribution in [0, 0.1) is 5.41 Å². The minimum Gasteiger partial charge on any atom is -0.492 e. The number of amides is 1. The van der Waals surface area contributed by atoms with E-state index in [9.17, 15) is 9.59 Å². The molecule has 30 heavy (non-hydrogen) atoms. The van der Waals surface area contributed by atoms with Crippen LogP contribution in [-0.2, 0) is 16.0 Å². The van der Waals surface area contributed by atoms with Gasteiger partial charge in [0, 0.05) is 19.3 Å². The Morgan fingerprint density at radius 1 is 1.13 bits per heavy atom. The van der Waals surface area contributed by atoms with E-state index in [1.165, 1.54) is 0 Å². The molecule has 1 aliphatic rings. The summed E-state index contributed by atoms with van der Waals surface area (Å²) in [5, 5.41) is 4.57. The maximum Gasteiger partial charge on any atom is 0.316 e. The summed E-state index contributed by atoms with van der Waals surface area (Å²) in [5.41, 5.74) is 4.67. The highest BCUT2D eigenvalue weighted by Gasteiger charge is 2.23. The van der Waals surface area contributed by atoms with Crippen molar-refractivity contribution in [3.63, 3.8) is 0 Å². The lowest BCUT2D eigenvalue weighted by Gasteiger charge is -2.16. The van der Waals surface area contributed by atoms with Crippen molar-refractivity contribution in [3.8, 4) is 11.5 Å². The first-order valence-electron chi connectivity index (χ1n) is 9.82. The van der Waals surface area contributed by atoms with Crippen LogP contribution < -0.4 is 14.9 Å². The molecule has 0 unspecified atom stereocenters. The average Bonchev–Trinajstić information content (AvgIpc) is 2.70. The second kappa shape index (κ2) is 9.30. The van der Waals surface area contributed by atoms with Crippen LogP contribution in [0.5, 0.6) is 11.5 Å². The van der Waals surface area contributed by atoms with Gasteiger partial charge in [0.2, 0.25) is 5.91 Å². The lowest BCUT2D eigenvalue weighted by molar-refractivity contribution is -0.143. The lowest BCUT2D eigenvalue weighted by Crippen LogP contribution is -2.25. The van der Waals surface area contributed by atoms with Crippen molar-refractivity contribution in [3.05, 3.63) is 58.6 Å². The van der Waals surface area contributed by atoms with E-state index in [2.05, 4.69) is 10.5 Å². The number of rotatable bonds is 6. The van der Waals surface area contributed by atoms with Crippen molar-refractivity contribution in [2.24, 2.45) is 10.5 Å². The average molecular weight is 429 g/mol. The van der Waals surface area contributed by atoms with Crippen molar-refractivity contribution < 1.29 is 19.1 Å². The van der Waals surface area contributed by atoms with Gasteiger partial charge in [0.1, 0.15) is 11.5 Å². The molecule has 0 spiro atoms. The van der Waals surface area contributed by atoms with Crippen molar-refractivity contribution >= 4 is 29.2 Å². The van der Waals surface area contributed by atoms with E-state index >= 15 is 0 Å². The molecule has 0 bridgehead atoms. The SMILES string of the molecule is CC(C)(C)C(=O)Oc1ccc(CCOc2ccc(C3=NNC(=O)CC3)cc2Cl)cc1. The van der Waals surface area contributed by atoms with Gasteiger partial charge in [0.05, 0.1) is 22.8 Å². The van der Waals surface area contributed by atoms with Gasteiger partial charge in [-0.2, -0.15) is 5.10 Å². The maximum atomic E-state index is 11.9. The number of ether oxygens (including phenoxy) is 2. The molecule has 2 aromatic carbocycles. The van der Waals surface area contributed by atoms with E-state index in [1.54, 1.807) is 18.2 Å². The summed E-state index contributed by atoms with van der Waals surface area (Å²) in [7, 11) is 0. The number of carbonyl (C=O) groups excluding carboxylic acids is 2. The van der Waals surface area contributed by atoms with Crippen LogP contribution in [0.3, 0.4) is 0 Å². The fourth-order valence-electron chi connectivity index (χ4n) is 2.74. The molecule has 2 aromatic rings. The first-order chi connectivity index (χ1) is 14.2. The van der Waals surface area contributed by atoms with Crippen LogP contribution in [0.25, 0.3) is 0 Å². The number of nitrogens with zero attached hydrogens (tertiary/aromatic N) is 1. The molecule has 0 saturated heterocycles. The molecule has 7 heteroatoms. The van der Waals surface area contributed by atoms with Crippen LogP contribution in [0.4, 0.5) is 0 Å². The zero-order valence-electron chi connectivity index (χ0n) is 17.3. The molecular formula is C23H25ClN2O4. The Bertz CT molecular complexity index is 962. The van der Waals surface area contributed by atoms with Gasteiger partial charge in [-0.05, 0) is 62.2 Å². The molecule has 1 amide bonds. The van der Waals surface area contributed by atoms with Crippen LogP contribution in [0.2, 0.25) is 5.02 Å². The molecule has 1 N–H and O–H groups in total. The van der Waals surface area contributed by atoms with E-state index in [0.29, 0.717) is 42.4 Å². The highest BCUT2D eigenvalue weighted by molar-refractivity contribution is 6.32. The molecule has 1 aliphatic heterocycles. The van der Waals surface area contributed by atoms with Crippen LogP contribution >= 0.6 is 11.6 Å². The maximum absolute atomic E-state index is 11.9. The zero-order chi connectivity index (χ0) is 21.7. The number of benzene rings is 2. The van der Waals surface area contributed by atoms with Gasteiger partial charge in [-0.3, -0.25) is 9.59 Å².